The molecule has 1 aromatic heterocycles. The van der Waals surface area contributed by atoms with Gasteiger partial charge >= 0.3 is 0 Å². The lowest BCUT2D eigenvalue weighted by molar-refractivity contribution is -0.140. The van der Waals surface area contributed by atoms with Crippen LogP contribution in [0.15, 0.2) is 78.6 Å². The molecule has 1 aliphatic rings. The number of carbonyl (C=O) groups excluding carboxylic acids is 2. The van der Waals surface area contributed by atoms with Crippen molar-refractivity contribution in [3.63, 3.8) is 0 Å². The van der Waals surface area contributed by atoms with E-state index >= 15 is 0 Å². The van der Waals surface area contributed by atoms with Gasteiger partial charge in [0.2, 0.25) is 0 Å². The first-order valence-electron chi connectivity index (χ1n) is 11.8. The highest BCUT2D eigenvalue weighted by Gasteiger charge is 2.46. The van der Waals surface area contributed by atoms with Crippen LogP contribution < -0.4 is 4.74 Å². The number of aliphatic hydroxyl groups excluding tert-OH is 1. The first-order valence-corrected chi connectivity index (χ1v) is 11.8. The van der Waals surface area contributed by atoms with E-state index in [1.54, 1.807) is 42.7 Å². The lowest BCUT2D eigenvalue weighted by atomic mass is 9.93. The van der Waals surface area contributed by atoms with Gasteiger partial charge in [0.25, 0.3) is 11.7 Å². The SMILES string of the molecule is CC(C)Oc1cccc(/C(O)=C2/C(=O)C(=O)N(Cc3cccnc3)C2c2ccc(C(C)C)cc2)c1. The van der Waals surface area contributed by atoms with E-state index in [4.69, 9.17) is 4.74 Å². The number of likely N-dealkylation sites (tertiary alicyclic amines) is 1. The van der Waals surface area contributed by atoms with Crippen molar-refractivity contribution in [3.05, 3.63) is 101 Å². The monoisotopic (exact) mass is 470 g/mol. The number of benzene rings is 2. The molecule has 180 valence electrons. The number of pyridine rings is 1. The van der Waals surface area contributed by atoms with E-state index in [0.717, 1.165) is 16.7 Å². The third-order valence-corrected chi connectivity index (χ3v) is 6.01. The summed E-state index contributed by atoms with van der Waals surface area (Å²) < 4.78 is 5.76. The van der Waals surface area contributed by atoms with Crippen molar-refractivity contribution in [1.29, 1.82) is 0 Å². The van der Waals surface area contributed by atoms with Crippen molar-refractivity contribution in [1.82, 2.24) is 9.88 Å². The van der Waals surface area contributed by atoms with Crippen LogP contribution in [0.3, 0.4) is 0 Å². The number of aromatic nitrogens is 1. The van der Waals surface area contributed by atoms with E-state index in [2.05, 4.69) is 18.8 Å². The van der Waals surface area contributed by atoms with Crippen LogP contribution in [0, 0.1) is 0 Å². The van der Waals surface area contributed by atoms with Crippen LogP contribution in [-0.4, -0.2) is 32.8 Å². The summed E-state index contributed by atoms with van der Waals surface area (Å²) in [5.74, 6) is -0.660. The minimum absolute atomic E-state index is 0.0445. The summed E-state index contributed by atoms with van der Waals surface area (Å²) in [5.41, 5.74) is 3.19. The van der Waals surface area contributed by atoms with Gasteiger partial charge in [0.15, 0.2) is 0 Å². The predicted molar refractivity (Wildman–Crippen MR) is 135 cm³/mol. The molecule has 2 aromatic carbocycles. The smallest absolute Gasteiger partial charge is 0.295 e. The average Bonchev–Trinajstić information content (AvgIpc) is 3.09. The Bertz CT molecular complexity index is 1250. The normalized spacial score (nSPS) is 17.4. The van der Waals surface area contributed by atoms with Gasteiger partial charge in [0.1, 0.15) is 11.5 Å². The Kier molecular flexibility index (Phi) is 7.01. The molecule has 0 spiro atoms. The number of carbonyl (C=O) groups is 2. The molecule has 6 heteroatoms. The molecule has 1 unspecified atom stereocenters. The second-order valence-corrected chi connectivity index (χ2v) is 9.30. The van der Waals surface area contributed by atoms with Crippen LogP contribution in [0.4, 0.5) is 0 Å². The van der Waals surface area contributed by atoms with Gasteiger partial charge in [-0.2, -0.15) is 0 Å². The van der Waals surface area contributed by atoms with Crippen LogP contribution in [-0.2, 0) is 16.1 Å². The van der Waals surface area contributed by atoms with Crippen molar-refractivity contribution in [2.45, 2.75) is 52.3 Å². The Morgan fingerprint density at radius 2 is 1.77 bits per heavy atom. The third kappa shape index (κ3) is 5.11. The van der Waals surface area contributed by atoms with Crippen molar-refractivity contribution < 1.29 is 19.4 Å². The van der Waals surface area contributed by atoms with E-state index in [1.165, 1.54) is 4.90 Å². The molecule has 1 atom stereocenters. The number of ketones is 1. The van der Waals surface area contributed by atoms with Gasteiger partial charge in [0, 0.05) is 24.5 Å². The molecule has 6 nitrogen and oxygen atoms in total. The highest BCUT2D eigenvalue weighted by Crippen LogP contribution is 2.41. The third-order valence-electron chi connectivity index (χ3n) is 6.01. The Morgan fingerprint density at radius 3 is 2.40 bits per heavy atom. The van der Waals surface area contributed by atoms with Crippen molar-refractivity contribution in [3.8, 4) is 5.75 Å². The summed E-state index contributed by atoms with van der Waals surface area (Å²) in [6.07, 6.45) is 3.29. The highest BCUT2D eigenvalue weighted by atomic mass is 16.5. The van der Waals surface area contributed by atoms with Crippen molar-refractivity contribution in [2.75, 3.05) is 0 Å². The number of rotatable bonds is 7. The summed E-state index contributed by atoms with van der Waals surface area (Å²) >= 11 is 0. The van der Waals surface area contributed by atoms with E-state index in [0.29, 0.717) is 17.2 Å². The van der Waals surface area contributed by atoms with E-state index in [1.807, 2.05) is 44.2 Å². The van der Waals surface area contributed by atoms with Gasteiger partial charge in [-0.3, -0.25) is 14.6 Å². The Balaban J connectivity index is 1.83. The van der Waals surface area contributed by atoms with Crippen LogP contribution in [0.25, 0.3) is 5.76 Å². The van der Waals surface area contributed by atoms with E-state index < -0.39 is 17.7 Å². The molecule has 0 saturated carbocycles. The molecule has 0 bridgehead atoms. The topological polar surface area (TPSA) is 79.7 Å². The van der Waals surface area contributed by atoms with Gasteiger partial charge in [-0.15, -0.1) is 0 Å². The molecule has 0 aliphatic carbocycles. The maximum absolute atomic E-state index is 13.3. The first-order chi connectivity index (χ1) is 16.8. The molecular weight excluding hydrogens is 440 g/mol. The zero-order valence-corrected chi connectivity index (χ0v) is 20.4. The molecular formula is C29H30N2O4. The predicted octanol–water partition coefficient (Wildman–Crippen LogP) is 5.61. The molecule has 2 heterocycles. The van der Waals surface area contributed by atoms with Gasteiger partial charge in [0.05, 0.1) is 17.7 Å². The maximum Gasteiger partial charge on any atom is 0.295 e. The molecule has 1 N–H and O–H groups in total. The molecule has 4 rings (SSSR count). The van der Waals surface area contributed by atoms with Crippen LogP contribution in [0.1, 0.15) is 61.9 Å². The minimum Gasteiger partial charge on any atom is -0.507 e. The number of nitrogens with zero attached hydrogens (tertiary/aromatic N) is 2. The number of ether oxygens (including phenoxy) is 1. The standard InChI is InChI=1S/C29H30N2O4/c1-18(2)21-10-12-22(13-11-21)26-25(27(32)23-8-5-9-24(15-23)35-19(3)4)28(33)29(34)31(26)17-20-7-6-14-30-16-20/h5-16,18-19,26,32H,17H2,1-4H3/b27-25-. The summed E-state index contributed by atoms with van der Waals surface area (Å²) in [6.45, 7) is 8.24. The molecule has 1 fully saturated rings. The average molecular weight is 471 g/mol. The van der Waals surface area contributed by atoms with Gasteiger partial charge in [-0.25, -0.2) is 0 Å². The number of hydrogen-bond donors (Lipinski definition) is 1. The summed E-state index contributed by atoms with van der Waals surface area (Å²) in [5, 5.41) is 11.3. The van der Waals surface area contributed by atoms with Gasteiger partial charge < -0.3 is 14.7 Å². The van der Waals surface area contributed by atoms with Crippen molar-refractivity contribution in [2.24, 2.45) is 0 Å². The molecule has 1 saturated heterocycles. The minimum atomic E-state index is -0.730. The molecule has 1 amide bonds. The van der Waals surface area contributed by atoms with Gasteiger partial charge in [-0.1, -0.05) is 56.3 Å². The maximum atomic E-state index is 13.3. The second-order valence-electron chi connectivity index (χ2n) is 9.30. The molecule has 1 aliphatic heterocycles. The molecule has 35 heavy (non-hydrogen) atoms. The summed E-state index contributed by atoms with van der Waals surface area (Å²) in [7, 11) is 0. The molecule has 3 aromatic rings. The lowest BCUT2D eigenvalue weighted by Gasteiger charge is -2.25. The largest absolute Gasteiger partial charge is 0.507 e. The van der Waals surface area contributed by atoms with Crippen LogP contribution >= 0.6 is 0 Å². The van der Waals surface area contributed by atoms with Crippen LogP contribution in [0.5, 0.6) is 5.75 Å². The fourth-order valence-corrected chi connectivity index (χ4v) is 4.29. The Labute approximate surface area is 205 Å². The number of amides is 1. The van der Waals surface area contributed by atoms with E-state index in [-0.39, 0.29) is 24.0 Å². The van der Waals surface area contributed by atoms with Crippen LogP contribution in [0.2, 0.25) is 0 Å². The van der Waals surface area contributed by atoms with E-state index in [9.17, 15) is 14.7 Å². The Morgan fingerprint density at radius 1 is 1.03 bits per heavy atom. The molecule has 0 radical (unpaired) electrons. The summed E-state index contributed by atoms with van der Waals surface area (Å²) in [4.78, 5) is 32.1. The van der Waals surface area contributed by atoms with Crippen molar-refractivity contribution >= 4 is 17.4 Å². The Hall–Kier alpha value is -3.93. The van der Waals surface area contributed by atoms with Gasteiger partial charge in [-0.05, 0) is 54.7 Å². The zero-order chi connectivity index (χ0) is 25.1. The summed E-state index contributed by atoms with van der Waals surface area (Å²) in [6, 6.07) is 17.7. The quantitative estimate of drug-likeness (QED) is 0.276. The lowest BCUT2D eigenvalue weighted by Crippen LogP contribution is -2.29. The fourth-order valence-electron chi connectivity index (χ4n) is 4.29. The highest BCUT2D eigenvalue weighted by molar-refractivity contribution is 6.46. The second kappa shape index (κ2) is 10.1. The first kappa shape index (κ1) is 24.2. The number of Topliss-reactive ketones (excluding diaryl/α,β-unsaturated/α-hetero) is 1. The zero-order valence-electron chi connectivity index (χ0n) is 20.4. The fraction of sp³-hybridized carbons (Fsp3) is 0.276. The number of aliphatic hydroxyl groups is 1. The number of hydrogen-bond acceptors (Lipinski definition) is 5.